The lowest BCUT2D eigenvalue weighted by Gasteiger charge is -2.52. The van der Waals surface area contributed by atoms with Gasteiger partial charge in [-0.3, -0.25) is 9.69 Å². The van der Waals surface area contributed by atoms with Crippen molar-refractivity contribution in [2.45, 2.75) is 37.5 Å². The van der Waals surface area contributed by atoms with E-state index in [1.54, 1.807) is 26.4 Å². The fourth-order valence-corrected chi connectivity index (χ4v) is 7.76. The molecule has 11 nitrogen and oxygen atoms in total. The maximum absolute atomic E-state index is 13.5. The molecule has 0 unspecified atom stereocenters. The summed E-state index contributed by atoms with van der Waals surface area (Å²) in [5.74, 6) is 0.441. The Morgan fingerprint density at radius 2 is 1.64 bits per heavy atom. The minimum atomic E-state index is -0.670. The lowest BCUT2D eigenvalue weighted by atomic mass is 9.63. The number of piperidine rings is 1. The molecule has 1 saturated carbocycles. The molecule has 3 aliphatic rings. The number of nitrogens with one attached hydrogen (secondary N) is 1. The number of fused-ring (bicyclic) bond motifs is 6. The molecule has 1 saturated heterocycles. The third-order valence-corrected chi connectivity index (χ3v) is 9.76. The number of carbonyl (C=O) groups is 2. The first-order chi connectivity index (χ1) is 21.3. The number of hydrogen-bond acceptors (Lipinski definition) is 10. The SMILES string of the molecule is COC(=O)[C@H]1[C@H]2C[C@@H]3c4[nH]c5cc(OC)ccc5c4CCN3C[C@H]2C[C@@H](OC(=O)c2cc(OC)c(OC)c(OC)c2)[C@@H]1OC.S. The number of benzene rings is 2. The molecule has 0 radical (unpaired) electrons. The summed E-state index contributed by atoms with van der Waals surface area (Å²) < 4.78 is 39.1. The van der Waals surface area contributed by atoms with Crippen molar-refractivity contribution < 1.29 is 42.7 Å². The first-order valence-corrected chi connectivity index (χ1v) is 14.9. The van der Waals surface area contributed by atoms with Gasteiger partial charge in [-0.05, 0) is 60.9 Å². The van der Waals surface area contributed by atoms with Crippen molar-refractivity contribution in [3.63, 3.8) is 0 Å². The molecule has 2 aromatic carbocycles. The first kappa shape index (κ1) is 32.8. The van der Waals surface area contributed by atoms with Crippen LogP contribution in [0.25, 0.3) is 10.9 Å². The average Bonchev–Trinajstić information content (AvgIpc) is 3.43. The Bertz CT molecular complexity index is 1530. The van der Waals surface area contributed by atoms with Gasteiger partial charge in [0.25, 0.3) is 0 Å². The van der Waals surface area contributed by atoms with E-state index in [4.69, 9.17) is 33.2 Å². The molecule has 3 heterocycles. The monoisotopic (exact) mass is 642 g/mol. The van der Waals surface area contributed by atoms with E-state index in [1.165, 1.54) is 45.1 Å². The van der Waals surface area contributed by atoms with Crippen LogP contribution in [0, 0.1) is 17.8 Å². The zero-order valence-electron chi connectivity index (χ0n) is 26.5. The normalized spacial score (nSPS) is 25.6. The highest BCUT2D eigenvalue weighted by Gasteiger charge is 2.54. The van der Waals surface area contributed by atoms with Gasteiger partial charge in [0.05, 0.1) is 53.1 Å². The van der Waals surface area contributed by atoms with Crippen molar-refractivity contribution in [2.75, 3.05) is 55.7 Å². The van der Waals surface area contributed by atoms with Crippen LogP contribution in [-0.2, 0) is 25.4 Å². The van der Waals surface area contributed by atoms with Gasteiger partial charge in [0, 0.05) is 42.9 Å². The molecular weight excluding hydrogens is 600 g/mol. The highest BCUT2D eigenvalue weighted by atomic mass is 32.1. The van der Waals surface area contributed by atoms with Gasteiger partial charge in [0.1, 0.15) is 18.0 Å². The number of aromatic nitrogens is 1. The van der Waals surface area contributed by atoms with E-state index < -0.39 is 24.1 Å². The zero-order valence-corrected chi connectivity index (χ0v) is 27.5. The highest BCUT2D eigenvalue weighted by Crippen LogP contribution is 2.51. The van der Waals surface area contributed by atoms with Crippen LogP contribution in [0.3, 0.4) is 0 Å². The van der Waals surface area contributed by atoms with Crippen LogP contribution in [0.5, 0.6) is 23.0 Å². The topological polar surface area (TPSA) is 118 Å². The van der Waals surface area contributed by atoms with Crippen molar-refractivity contribution in [2.24, 2.45) is 17.8 Å². The van der Waals surface area contributed by atoms with Crippen molar-refractivity contribution >= 4 is 36.3 Å². The first-order valence-electron chi connectivity index (χ1n) is 14.9. The number of aromatic amines is 1. The lowest BCUT2D eigenvalue weighted by molar-refractivity contribution is -0.176. The summed E-state index contributed by atoms with van der Waals surface area (Å²) in [7, 11) is 9.10. The molecule has 6 atom stereocenters. The minimum Gasteiger partial charge on any atom is -0.497 e. The molecule has 1 N–H and O–H groups in total. The predicted octanol–water partition coefficient (Wildman–Crippen LogP) is 4.28. The van der Waals surface area contributed by atoms with E-state index in [-0.39, 0.29) is 42.9 Å². The van der Waals surface area contributed by atoms with Crippen molar-refractivity contribution in [3.8, 4) is 23.0 Å². The molecule has 12 heteroatoms. The number of ether oxygens (including phenoxy) is 7. The van der Waals surface area contributed by atoms with E-state index in [1.807, 2.05) is 12.1 Å². The number of esters is 2. The van der Waals surface area contributed by atoms with Crippen molar-refractivity contribution in [3.05, 3.63) is 47.2 Å². The molecular formula is C33H42N2O9S. The van der Waals surface area contributed by atoms with Crippen LogP contribution < -0.4 is 18.9 Å². The van der Waals surface area contributed by atoms with Crippen molar-refractivity contribution in [1.82, 2.24) is 9.88 Å². The Labute approximate surface area is 269 Å². The lowest BCUT2D eigenvalue weighted by Crippen LogP contribution is -2.58. The highest BCUT2D eigenvalue weighted by molar-refractivity contribution is 7.59. The maximum Gasteiger partial charge on any atom is 0.338 e. The number of hydrogen-bond donors (Lipinski definition) is 1. The molecule has 3 aromatic rings. The molecule has 1 aromatic heterocycles. The number of H-pyrrole nitrogens is 1. The van der Waals surface area contributed by atoms with Gasteiger partial charge in [-0.25, -0.2) is 4.79 Å². The summed E-state index contributed by atoms with van der Waals surface area (Å²) >= 11 is 0. The predicted molar refractivity (Wildman–Crippen MR) is 171 cm³/mol. The number of nitrogens with zero attached hydrogens (tertiary/aromatic N) is 1. The van der Waals surface area contributed by atoms with Gasteiger partial charge in [-0.15, -0.1) is 0 Å². The van der Waals surface area contributed by atoms with E-state index in [9.17, 15) is 9.59 Å². The zero-order chi connectivity index (χ0) is 31.1. The largest absolute Gasteiger partial charge is 0.497 e. The summed E-state index contributed by atoms with van der Waals surface area (Å²) in [5, 5.41) is 1.21. The third kappa shape index (κ3) is 5.68. The standard InChI is InChI=1S/C33H40N2O9.H2S/c1-38-19-7-8-20-21-9-10-35-16-18-13-27(44-32(36)17-11-25(39-2)30(41-4)26(12-17)40-3)31(42-5)28(33(37)43-6)22(18)15-24(35)29(21)34-23(20)14-19;/h7-8,11-12,14,18,22,24,27-28,31,34H,9-10,13,15-16H2,1-6H3;1H2/t18-,22+,24-,27-,28+,31+;/m1./s1. The van der Waals surface area contributed by atoms with Crippen LogP contribution in [0.1, 0.15) is 40.5 Å². The van der Waals surface area contributed by atoms with Gasteiger partial charge in [0.15, 0.2) is 11.5 Å². The Morgan fingerprint density at radius 1 is 0.911 bits per heavy atom. The Kier molecular flexibility index (Phi) is 9.76. The Morgan fingerprint density at radius 3 is 2.27 bits per heavy atom. The van der Waals surface area contributed by atoms with Gasteiger partial charge in [-0.1, -0.05) is 0 Å². The van der Waals surface area contributed by atoms with E-state index in [2.05, 4.69) is 16.0 Å². The summed E-state index contributed by atoms with van der Waals surface area (Å²) in [6.07, 6.45) is 0.920. The van der Waals surface area contributed by atoms with Crippen LogP contribution in [0.2, 0.25) is 0 Å². The quantitative estimate of drug-likeness (QED) is 0.357. The molecule has 0 bridgehead atoms. The molecule has 2 fully saturated rings. The maximum atomic E-state index is 13.5. The van der Waals surface area contributed by atoms with Crippen LogP contribution in [0.4, 0.5) is 0 Å². The fraction of sp³-hybridized carbons (Fsp3) is 0.515. The van der Waals surface area contributed by atoms with Gasteiger partial charge in [0.2, 0.25) is 5.75 Å². The third-order valence-electron chi connectivity index (χ3n) is 9.76. The van der Waals surface area contributed by atoms with E-state index >= 15 is 0 Å². The molecule has 45 heavy (non-hydrogen) atoms. The second kappa shape index (κ2) is 13.4. The summed E-state index contributed by atoms with van der Waals surface area (Å²) in [6, 6.07) is 9.40. The van der Waals surface area contributed by atoms with Gasteiger partial charge in [-0.2, -0.15) is 13.5 Å². The summed E-state index contributed by atoms with van der Waals surface area (Å²) in [6.45, 7) is 1.68. The second-order valence-electron chi connectivity index (χ2n) is 11.7. The van der Waals surface area contributed by atoms with E-state index in [0.717, 1.165) is 37.2 Å². The Balaban J connectivity index is 0.00000400. The fourth-order valence-electron chi connectivity index (χ4n) is 7.76. The van der Waals surface area contributed by atoms with Crippen LogP contribution in [-0.4, -0.2) is 89.8 Å². The molecule has 0 spiro atoms. The molecule has 0 amide bonds. The smallest absolute Gasteiger partial charge is 0.338 e. The number of carbonyl (C=O) groups excluding carboxylic acids is 2. The van der Waals surface area contributed by atoms with Crippen LogP contribution >= 0.6 is 13.5 Å². The van der Waals surface area contributed by atoms with Crippen molar-refractivity contribution in [1.29, 1.82) is 0 Å². The number of methoxy groups -OCH3 is 6. The second-order valence-corrected chi connectivity index (χ2v) is 11.7. The average molecular weight is 643 g/mol. The molecule has 2 aliphatic heterocycles. The number of rotatable bonds is 8. The van der Waals surface area contributed by atoms with Gasteiger partial charge < -0.3 is 38.1 Å². The Hall–Kier alpha value is -3.61. The molecule has 244 valence electrons. The van der Waals surface area contributed by atoms with Crippen LogP contribution in [0.15, 0.2) is 30.3 Å². The summed E-state index contributed by atoms with van der Waals surface area (Å²) in [5.41, 5.74) is 3.83. The molecule has 1 aliphatic carbocycles. The minimum absolute atomic E-state index is 0. The van der Waals surface area contributed by atoms with E-state index in [0.29, 0.717) is 23.7 Å². The molecule has 6 rings (SSSR count). The summed E-state index contributed by atoms with van der Waals surface area (Å²) in [4.78, 5) is 33.1. The van der Waals surface area contributed by atoms with Gasteiger partial charge >= 0.3 is 11.9 Å².